The normalized spacial score (nSPS) is 14.0. The lowest BCUT2D eigenvalue weighted by atomic mass is 10.2. The summed E-state index contributed by atoms with van der Waals surface area (Å²) in [4.78, 5) is 14.3. The van der Waals surface area contributed by atoms with Gasteiger partial charge in [-0.3, -0.25) is 10.1 Å². The van der Waals surface area contributed by atoms with Crippen molar-refractivity contribution in [2.45, 2.75) is 0 Å². The van der Waals surface area contributed by atoms with E-state index < -0.39 is 0 Å². The lowest BCUT2D eigenvalue weighted by Gasteiger charge is -2.28. The first-order valence-electron chi connectivity index (χ1n) is 9.01. The molecule has 2 N–H and O–H groups in total. The minimum absolute atomic E-state index is 0.253. The van der Waals surface area contributed by atoms with Gasteiger partial charge in [0.15, 0.2) is 5.11 Å². The molecule has 0 saturated carbocycles. The molecule has 146 valence electrons. The maximum absolute atomic E-state index is 12.0. The summed E-state index contributed by atoms with van der Waals surface area (Å²) in [6.07, 6.45) is 3.16. The van der Waals surface area contributed by atoms with Crippen LogP contribution in [0.3, 0.4) is 0 Å². The fraction of sp³-hybridized carbons (Fsp3) is 0.238. The number of nitrogens with zero attached hydrogens (tertiary/aromatic N) is 1. The monoisotopic (exact) mass is 397 g/mol. The van der Waals surface area contributed by atoms with Gasteiger partial charge in [-0.25, -0.2) is 0 Å². The van der Waals surface area contributed by atoms with Crippen LogP contribution < -0.4 is 20.3 Å². The molecule has 1 aliphatic heterocycles. The van der Waals surface area contributed by atoms with E-state index in [1.807, 2.05) is 48.5 Å². The van der Waals surface area contributed by atoms with Gasteiger partial charge in [0, 0.05) is 30.5 Å². The zero-order valence-electron chi connectivity index (χ0n) is 15.7. The Labute approximate surface area is 170 Å². The molecule has 28 heavy (non-hydrogen) atoms. The Hall–Kier alpha value is -2.90. The first-order valence-corrected chi connectivity index (χ1v) is 9.42. The SMILES string of the molecule is COc1ccc(C=CC(=O)NC(=S)Nc2ccc(N3CCOCC3)cc2)cc1. The van der Waals surface area contributed by atoms with Gasteiger partial charge < -0.3 is 19.7 Å². The number of morpholine rings is 1. The molecule has 2 aromatic carbocycles. The molecule has 3 rings (SSSR count). The second-order valence-electron chi connectivity index (χ2n) is 6.20. The van der Waals surface area contributed by atoms with Gasteiger partial charge in [-0.05, 0) is 60.3 Å². The number of amides is 1. The summed E-state index contributed by atoms with van der Waals surface area (Å²) in [6, 6.07) is 15.4. The number of anilines is 2. The van der Waals surface area contributed by atoms with Gasteiger partial charge in [0.25, 0.3) is 0 Å². The highest BCUT2D eigenvalue weighted by atomic mass is 32.1. The van der Waals surface area contributed by atoms with Crippen LogP contribution in [0, 0.1) is 0 Å². The van der Waals surface area contributed by atoms with Crippen LogP contribution in [-0.4, -0.2) is 44.4 Å². The van der Waals surface area contributed by atoms with Crippen molar-refractivity contribution in [2.75, 3.05) is 43.6 Å². The minimum Gasteiger partial charge on any atom is -0.497 e. The van der Waals surface area contributed by atoms with E-state index in [9.17, 15) is 4.79 Å². The van der Waals surface area contributed by atoms with Gasteiger partial charge in [0.2, 0.25) is 5.91 Å². The van der Waals surface area contributed by atoms with Crippen molar-refractivity contribution in [1.82, 2.24) is 5.32 Å². The number of methoxy groups -OCH3 is 1. The van der Waals surface area contributed by atoms with Crippen molar-refractivity contribution in [2.24, 2.45) is 0 Å². The summed E-state index contributed by atoms with van der Waals surface area (Å²) in [5, 5.41) is 5.92. The first-order chi connectivity index (χ1) is 13.6. The van der Waals surface area contributed by atoms with Crippen molar-refractivity contribution in [3.8, 4) is 5.75 Å². The molecule has 7 heteroatoms. The number of rotatable bonds is 5. The topological polar surface area (TPSA) is 62.8 Å². The molecule has 2 aromatic rings. The highest BCUT2D eigenvalue weighted by Gasteiger charge is 2.11. The molecule has 1 aliphatic rings. The fourth-order valence-corrected chi connectivity index (χ4v) is 3.00. The van der Waals surface area contributed by atoms with E-state index in [1.54, 1.807) is 13.2 Å². The largest absolute Gasteiger partial charge is 0.497 e. The van der Waals surface area contributed by atoms with E-state index in [0.29, 0.717) is 0 Å². The zero-order chi connectivity index (χ0) is 19.8. The number of carbonyl (C=O) groups is 1. The van der Waals surface area contributed by atoms with Crippen molar-refractivity contribution in [3.05, 3.63) is 60.2 Å². The Morgan fingerprint density at radius 2 is 1.79 bits per heavy atom. The maximum Gasteiger partial charge on any atom is 0.250 e. The number of carbonyl (C=O) groups excluding carboxylic acids is 1. The Morgan fingerprint density at radius 1 is 1.11 bits per heavy atom. The van der Waals surface area contributed by atoms with Crippen LogP contribution in [0.1, 0.15) is 5.56 Å². The van der Waals surface area contributed by atoms with Crippen LogP contribution in [0.15, 0.2) is 54.6 Å². The van der Waals surface area contributed by atoms with Crippen molar-refractivity contribution >= 4 is 40.7 Å². The maximum atomic E-state index is 12.0. The van der Waals surface area contributed by atoms with E-state index in [0.717, 1.165) is 49.0 Å². The number of nitrogens with one attached hydrogen (secondary N) is 2. The number of thiocarbonyl (C=S) groups is 1. The standard InChI is InChI=1S/C21H23N3O3S/c1-26-19-9-2-16(3-10-19)4-11-20(25)23-21(28)22-17-5-7-18(8-6-17)24-12-14-27-15-13-24/h2-11H,12-15H2,1H3,(H2,22,23,25,28). The first kappa shape index (κ1) is 19.9. The minimum atomic E-state index is -0.293. The molecule has 0 atom stereocenters. The summed E-state index contributed by atoms with van der Waals surface area (Å²) in [7, 11) is 1.61. The Bertz CT molecular complexity index is 829. The van der Waals surface area contributed by atoms with Crippen LogP contribution in [-0.2, 0) is 9.53 Å². The predicted molar refractivity (Wildman–Crippen MR) is 116 cm³/mol. The van der Waals surface area contributed by atoms with E-state index >= 15 is 0 Å². The fourth-order valence-electron chi connectivity index (χ4n) is 2.78. The van der Waals surface area contributed by atoms with Crippen molar-refractivity contribution < 1.29 is 14.3 Å². The molecule has 1 heterocycles. The molecule has 1 saturated heterocycles. The Morgan fingerprint density at radius 3 is 2.43 bits per heavy atom. The van der Waals surface area contributed by atoms with E-state index in [4.69, 9.17) is 21.7 Å². The average molecular weight is 398 g/mol. The third-order valence-electron chi connectivity index (χ3n) is 4.28. The lowest BCUT2D eigenvalue weighted by molar-refractivity contribution is -0.115. The third kappa shape index (κ3) is 5.80. The molecule has 6 nitrogen and oxygen atoms in total. The number of benzene rings is 2. The number of ether oxygens (including phenoxy) is 2. The molecule has 1 fully saturated rings. The quantitative estimate of drug-likeness (QED) is 0.597. The highest BCUT2D eigenvalue weighted by Crippen LogP contribution is 2.19. The third-order valence-corrected chi connectivity index (χ3v) is 4.49. The lowest BCUT2D eigenvalue weighted by Crippen LogP contribution is -2.36. The summed E-state index contributed by atoms with van der Waals surface area (Å²) in [5.74, 6) is 0.477. The second-order valence-corrected chi connectivity index (χ2v) is 6.60. The highest BCUT2D eigenvalue weighted by molar-refractivity contribution is 7.80. The molecule has 0 aliphatic carbocycles. The molecular weight excluding hydrogens is 374 g/mol. The molecule has 0 spiro atoms. The second kappa shape index (κ2) is 9.87. The molecular formula is C21H23N3O3S. The van der Waals surface area contributed by atoms with Crippen molar-refractivity contribution in [1.29, 1.82) is 0 Å². The van der Waals surface area contributed by atoms with Crippen LogP contribution in [0.25, 0.3) is 6.08 Å². The van der Waals surface area contributed by atoms with Gasteiger partial charge in [-0.1, -0.05) is 12.1 Å². The van der Waals surface area contributed by atoms with Crippen molar-refractivity contribution in [3.63, 3.8) is 0 Å². The summed E-state index contributed by atoms with van der Waals surface area (Å²) in [5.41, 5.74) is 2.86. The van der Waals surface area contributed by atoms with E-state index in [-0.39, 0.29) is 11.0 Å². The van der Waals surface area contributed by atoms with Gasteiger partial charge in [-0.15, -0.1) is 0 Å². The molecule has 0 radical (unpaired) electrons. The molecule has 0 bridgehead atoms. The summed E-state index contributed by atoms with van der Waals surface area (Å²) in [6.45, 7) is 3.28. The molecule has 0 aromatic heterocycles. The van der Waals surface area contributed by atoms with Gasteiger partial charge in [0.05, 0.1) is 20.3 Å². The summed E-state index contributed by atoms with van der Waals surface area (Å²) >= 11 is 5.21. The number of hydrogen-bond donors (Lipinski definition) is 2. The van der Waals surface area contributed by atoms with E-state index in [2.05, 4.69) is 15.5 Å². The predicted octanol–water partition coefficient (Wildman–Crippen LogP) is 3.06. The molecule has 0 unspecified atom stereocenters. The van der Waals surface area contributed by atoms with Gasteiger partial charge in [0.1, 0.15) is 5.75 Å². The van der Waals surface area contributed by atoms with Crippen LogP contribution in [0.5, 0.6) is 5.75 Å². The molecule has 1 amide bonds. The summed E-state index contributed by atoms with van der Waals surface area (Å²) < 4.78 is 10.5. The van der Waals surface area contributed by atoms with Crippen LogP contribution in [0.4, 0.5) is 11.4 Å². The Balaban J connectivity index is 1.48. The Kier molecular flexibility index (Phi) is 7.00. The van der Waals surface area contributed by atoms with Crippen LogP contribution in [0.2, 0.25) is 0 Å². The van der Waals surface area contributed by atoms with E-state index in [1.165, 1.54) is 6.08 Å². The van der Waals surface area contributed by atoms with Gasteiger partial charge >= 0.3 is 0 Å². The van der Waals surface area contributed by atoms with Crippen LogP contribution >= 0.6 is 12.2 Å². The average Bonchev–Trinajstić information content (AvgIpc) is 2.74. The smallest absolute Gasteiger partial charge is 0.250 e. The number of hydrogen-bond acceptors (Lipinski definition) is 5. The van der Waals surface area contributed by atoms with Gasteiger partial charge in [-0.2, -0.15) is 0 Å². The zero-order valence-corrected chi connectivity index (χ0v) is 16.5.